The first-order valence-corrected chi connectivity index (χ1v) is 10.5. The van der Waals surface area contributed by atoms with Crippen LogP contribution in [0.4, 0.5) is 0 Å². The zero-order valence-corrected chi connectivity index (χ0v) is 18.3. The van der Waals surface area contributed by atoms with Crippen molar-refractivity contribution in [1.29, 1.82) is 0 Å². The van der Waals surface area contributed by atoms with Crippen LogP contribution in [0.15, 0.2) is 36.4 Å². The van der Waals surface area contributed by atoms with E-state index in [0.29, 0.717) is 16.8 Å². The quantitative estimate of drug-likeness (QED) is 0.707. The summed E-state index contributed by atoms with van der Waals surface area (Å²) in [7, 11) is 3.28. The van der Waals surface area contributed by atoms with Crippen molar-refractivity contribution in [3.05, 3.63) is 58.1 Å². The number of aliphatic hydroxyl groups is 1. The molecule has 0 spiro atoms. The molecule has 5 nitrogen and oxygen atoms in total. The molecule has 0 unspecified atom stereocenters. The lowest BCUT2D eigenvalue weighted by Gasteiger charge is -2.42. The van der Waals surface area contributed by atoms with Crippen molar-refractivity contribution in [2.24, 2.45) is 0 Å². The van der Waals surface area contributed by atoms with Gasteiger partial charge in [0.1, 0.15) is 0 Å². The molecule has 1 fully saturated rings. The normalized spacial score (nSPS) is 18.0. The van der Waals surface area contributed by atoms with Gasteiger partial charge in [-0.15, -0.1) is 0 Å². The van der Waals surface area contributed by atoms with Gasteiger partial charge in [-0.1, -0.05) is 35.9 Å². The van der Waals surface area contributed by atoms with E-state index < -0.39 is 0 Å². The van der Waals surface area contributed by atoms with Gasteiger partial charge in [-0.3, -0.25) is 9.80 Å². The van der Waals surface area contributed by atoms with Gasteiger partial charge in [0.15, 0.2) is 11.5 Å². The third kappa shape index (κ3) is 5.43. The Morgan fingerprint density at radius 2 is 1.86 bits per heavy atom. The van der Waals surface area contributed by atoms with E-state index in [1.54, 1.807) is 20.3 Å². The topological polar surface area (TPSA) is 45.2 Å². The van der Waals surface area contributed by atoms with Gasteiger partial charge in [0.2, 0.25) is 0 Å². The maximum Gasteiger partial charge on any atom is 0.165 e. The van der Waals surface area contributed by atoms with Gasteiger partial charge >= 0.3 is 0 Å². The predicted molar refractivity (Wildman–Crippen MR) is 117 cm³/mol. The lowest BCUT2D eigenvalue weighted by Crippen LogP contribution is -2.52. The summed E-state index contributed by atoms with van der Waals surface area (Å²) in [5.41, 5.74) is 3.69. The highest BCUT2D eigenvalue weighted by molar-refractivity contribution is 6.30. The molecular formula is C23H31ClN2O3. The average molecular weight is 419 g/mol. The summed E-state index contributed by atoms with van der Waals surface area (Å²) in [6.45, 7) is 6.80. The lowest BCUT2D eigenvalue weighted by molar-refractivity contribution is 0.0495. The van der Waals surface area contributed by atoms with E-state index in [1.807, 2.05) is 6.07 Å². The summed E-state index contributed by atoms with van der Waals surface area (Å²) in [5, 5.41) is 10.3. The Hall–Kier alpha value is -1.79. The number of benzene rings is 2. The van der Waals surface area contributed by atoms with Crippen LogP contribution in [0.1, 0.15) is 23.1 Å². The van der Waals surface area contributed by atoms with Gasteiger partial charge in [-0.2, -0.15) is 0 Å². The number of ether oxygens (including phenoxy) is 2. The molecule has 1 N–H and O–H groups in total. The molecule has 158 valence electrons. The number of aryl methyl sites for hydroxylation is 1. The maximum absolute atomic E-state index is 9.62. The van der Waals surface area contributed by atoms with Crippen molar-refractivity contribution in [3.63, 3.8) is 0 Å². The van der Waals surface area contributed by atoms with E-state index in [4.69, 9.17) is 21.1 Å². The van der Waals surface area contributed by atoms with Crippen molar-refractivity contribution >= 4 is 11.6 Å². The van der Waals surface area contributed by atoms with E-state index in [-0.39, 0.29) is 6.61 Å². The van der Waals surface area contributed by atoms with Crippen molar-refractivity contribution in [2.75, 3.05) is 40.5 Å². The van der Waals surface area contributed by atoms with Crippen LogP contribution in [-0.2, 0) is 13.1 Å². The van der Waals surface area contributed by atoms with Crippen molar-refractivity contribution in [3.8, 4) is 11.5 Å². The fourth-order valence-electron chi connectivity index (χ4n) is 4.10. The maximum atomic E-state index is 9.62. The van der Waals surface area contributed by atoms with Gasteiger partial charge < -0.3 is 14.6 Å². The SMILES string of the molecule is COc1cc(Cl)cc(CN2CCN(Cc3ccccc3C)[C@H](CCO)C2)c1OC. The summed E-state index contributed by atoms with van der Waals surface area (Å²) in [6, 6.07) is 12.6. The fourth-order valence-corrected chi connectivity index (χ4v) is 4.33. The minimum Gasteiger partial charge on any atom is -0.493 e. The second-order valence-electron chi connectivity index (χ2n) is 7.60. The zero-order chi connectivity index (χ0) is 20.8. The van der Waals surface area contributed by atoms with Gasteiger partial charge in [-0.05, 0) is 30.5 Å². The average Bonchev–Trinajstić information content (AvgIpc) is 2.71. The van der Waals surface area contributed by atoms with Gasteiger partial charge in [0, 0.05) is 62.0 Å². The number of nitrogens with zero attached hydrogens (tertiary/aromatic N) is 2. The molecule has 2 aromatic rings. The first kappa shape index (κ1) is 21.9. The van der Waals surface area contributed by atoms with Crippen LogP contribution in [0, 0.1) is 6.92 Å². The Morgan fingerprint density at radius 1 is 1.07 bits per heavy atom. The van der Waals surface area contributed by atoms with Crippen LogP contribution < -0.4 is 9.47 Å². The van der Waals surface area contributed by atoms with Crippen LogP contribution in [0.2, 0.25) is 5.02 Å². The standard InChI is InChI=1S/C23H31ClN2O3/c1-17-6-4-5-7-18(17)15-26-10-9-25(16-21(26)8-11-27)14-19-12-20(24)13-22(28-2)23(19)29-3/h4-7,12-13,21,27H,8-11,14-16H2,1-3H3/t21-/m1/s1. The lowest BCUT2D eigenvalue weighted by atomic mass is 10.0. The molecule has 0 bridgehead atoms. The van der Waals surface area contributed by atoms with Gasteiger partial charge in [-0.25, -0.2) is 0 Å². The highest BCUT2D eigenvalue weighted by Gasteiger charge is 2.28. The Labute approximate surface area is 178 Å². The molecule has 0 saturated carbocycles. The molecule has 1 saturated heterocycles. The largest absolute Gasteiger partial charge is 0.493 e. The third-order valence-corrected chi connectivity index (χ3v) is 5.92. The summed E-state index contributed by atoms with van der Waals surface area (Å²) in [6.07, 6.45) is 0.762. The van der Waals surface area contributed by atoms with Crippen LogP contribution in [0.3, 0.4) is 0 Å². The minimum absolute atomic E-state index is 0.192. The molecule has 3 rings (SSSR count). The molecule has 0 radical (unpaired) electrons. The number of methoxy groups -OCH3 is 2. The van der Waals surface area contributed by atoms with Crippen LogP contribution >= 0.6 is 11.6 Å². The highest BCUT2D eigenvalue weighted by atomic mass is 35.5. The number of halogens is 1. The minimum atomic E-state index is 0.192. The van der Waals surface area contributed by atoms with E-state index in [1.165, 1.54) is 11.1 Å². The van der Waals surface area contributed by atoms with Crippen molar-refractivity contribution in [1.82, 2.24) is 9.80 Å². The first-order valence-electron chi connectivity index (χ1n) is 10.1. The Bertz CT molecular complexity index is 815. The number of aliphatic hydroxyl groups excluding tert-OH is 1. The number of piperazine rings is 1. The second-order valence-corrected chi connectivity index (χ2v) is 8.04. The van der Waals surface area contributed by atoms with Gasteiger partial charge in [0.25, 0.3) is 0 Å². The monoisotopic (exact) mass is 418 g/mol. The second kappa shape index (κ2) is 10.3. The van der Waals surface area contributed by atoms with E-state index in [9.17, 15) is 5.11 Å². The molecule has 29 heavy (non-hydrogen) atoms. The van der Waals surface area contributed by atoms with Crippen LogP contribution in [-0.4, -0.2) is 61.4 Å². The molecule has 6 heteroatoms. The van der Waals surface area contributed by atoms with Crippen molar-refractivity contribution in [2.45, 2.75) is 32.5 Å². The third-order valence-electron chi connectivity index (χ3n) is 5.70. The molecule has 0 aliphatic carbocycles. The van der Waals surface area contributed by atoms with E-state index in [0.717, 1.165) is 50.5 Å². The fraction of sp³-hybridized carbons (Fsp3) is 0.478. The van der Waals surface area contributed by atoms with Crippen LogP contribution in [0.25, 0.3) is 0 Å². The van der Waals surface area contributed by atoms with Gasteiger partial charge in [0.05, 0.1) is 14.2 Å². The summed E-state index contributed by atoms with van der Waals surface area (Å²) < 4.78 is 11.0. The number of rotatable bonds is 8. The Kier molecular flexibility index (Phi) is 7.78. The Balaban J connectivity index is 1.73. The predicted octanol–water partition coefficient (Wildman–Crippen LogP) is 3.73. The summed E-state index contributed by atoms with van der Waals surface area (Å²) in [4.78, 5) is 4.90. The molecule has 0 aromatic heterocycles. The van der Waals surface area contributed by atoms with E-state index >= 15 is 0 Å². The molecule has 1 aliphatic heterocycles. The molecule has 1 heterocycles. The number of hydrogen-bond donors (Lipinski definition) is 1. The molecular weight excluding hydrogens is 388 g/mol. The van der Waals surface area contributed by atoms with E-state index in [2.05, 4.69) is 41.0 Å². The smallest absolute Gasteiger partial charge is 0.165 e. The summed E-state index contributed by atoms with van der Waals surface area (Å²) in [5.74, 6) is 1.39. The molecule has 2 aromatic carbocycles. The zero-order valence-electron chi connectivity index (χ0n) is 17.5. The van der Waals surface area contributed by atoms with Crippen LogP contribution in [0.5, 0.6) is 11.5 Å². The summed E-state index contributed by atoms with van der Waals surface area (Å²) >= 11 is 6.29. The number of hydrogen-bond acceptors (Lipinski definition) is 5. The van der Waals surface area contributed by atoms with Crippen molar-refractivity contribution < 1.29 is 14.6 Å². The Morgan fingerprint density at radius 3 is 2.55 bits per heavy atom. The molecule has 0 amide bonds. The molecule has 1 atom stereocenters. The first-order chi connectivity index (χ1) is 14.0. The molecule has 1 aliphatic rings. The highest BCUT2D eigenvalue weighted by Crippen LogP contribution is 2.35.